The van der Waals surface area contributed by atoms with Gasteiger partial charge in [-0.3, -0.25) is 9.78 Å². The number of halogens is 2. The number of alkyl halides is 2. The zero-order valence-corrected chi connectivity index (χ0v) is 13.6. The van der Waals surface area contributed by atoms with Gasteiger partial charge in [-0.1, -0.05) is 18.2 Å². The molecule has 0 bridgehead atoms. The number of para-hydroxylation sites is 1. The van der Waals surface area contributed by atoms with Crippen molar-refractivity contribution in [2.24, 2.45) is 5.92 Å². The summed E-state index contributed by atoms with van der Waals surface area (Å²) in [6.45, 7) is -2.64. The minimum atomic E-state index is -2.88. The Morgan fingerprint density at radius 2 is 2.12 bits per heavy atom. The van der Waals surface area contributed by atoms with Crippen molar-refractivity contribution in [1.82, 2.24) is 10.3 Å². The van der Waals surface area contributed by atoms with E-state index in [4.69, 9.17) is 4.74 Å². The van der Waals surface area contributed by atoms with Gasteiger partial charge >= 0.3 is 6.61 Å². The number of pyridine rings is 1. The van der Waals surface area contributed by atoms with Crippen molar-refractivity contribution in [3.63, 3.8) is 0 Å². The van der Waals surface area contributed by atoms with E-state index < -0.39 is 6.61 Å². The molecule has 1 aliphatic carbocycles. The van der Waals surface area contributed by atoms with E-state index in [-0.39, 0.29) is 30.0 Å². The van der Waals surface area contributed by atoms with E-state index in [0.29, 0.717) is 5.69 Å². The van der Waals surface area contributed by atoms with Gasteiger partial charge in [0, 0.05) is 5.92 Å². The summed E-state index contributed by atoms with van der Waals surface area (Å²) < 4.78 is 33.7. The third-order valence-electron chi connectivity index (χ3n) is 4.13. The number of amides is 1. The Morgan fingerprint density at radius 1 is 1.32 bits per heavy atom. The lowest BCUT2D eigenvalue weighted by Crippen LogP contribution is -2.25. The second kappa shape index (κ2) is 7.46. The fourth-order valence-electron chi connectivity index (χ4n) is 2.80. The number of nitrogens with zero attached hydrogens (tertiary/aromatic N) is 1. The molecule has 1 N–H and O–H groups in total. The molecule has 1 aromatic heterocycles. The largest absolute Gasteiger partial charge is 0.496 e. The van der Waals surface area contributed by atoms with Crippen molar-refractivity contribution < 1.29 is 23.0 Å². The highest BCUT2D eigenvalue weighted by Gasteiger charge is 2.45. The number of rotatable bonds is 7. The average molecular weight is 348 g/mol. The molecule has 0 radical (unpaired) electrons. The number of carbonyl (C=O) groups is 1. The van der Waals surface area contributed by atoms with E-state index in [0.717, 1.165) is 17.7 Å². The van der Waals surface area contributed by atoms with Gasteiger partial charge in [-0.2, -0.15) is 8.78 Å². The van der Waals surface area contributed by atoms with E-state index in [1.807, 2.05) is 24.3 Å². The van der Waals surface area contributed by atoms with E-state index in [2.05, 4.69) is 15.0 Å². The number of aromatic nitrogens is 1. The Bertz CT molecular complexity index is 737. The van der Waals surface area contributed by atoms with Gasteiger partial charge in [0.25, 0.3) is 0 Å². The van der Waals surface area contributed by atoms with Gasteiger partial charge in [0.2, 0.25) is 5.91 Å². The van der Waals surface area contributed by atoms with Crippen LogP contribution in [0.4, 0.5) is 8.78 Å². The molecular formula is C18H18F2N2O3. The number of hydrogen-bond acceptors (Lipinski definition) is 4. The monoisotopic (exact) mass is 348 g/mol. The van der Waals surface area contributed by atoms with Gasteiger partial charge in [0.1, 0.15) is 11.5 Å². The summed E-state index contributed by atoms with van der Waals surface area (Å²) in [4.78, 5) is 16.3. The van der Waals surface area contributed by atoms with Crippen molar-refractivity contribution in [3.05, 3.63) is 53.9 Å². The van der Waals surface area contributed by atoms with Crippen molar-refractivity contribution in [3.8, 4) is 11.5 Å². The van der Waals surface area contributed by atoms with Gasteiger partial charge in [-0.25, -0.2) is 0 Å². The molecule has 0 aliphatic heterocycles. The first-order chi connectivity index (χ1) is 12.1. The molecule has 5 nitrogen and oxygen atoms in total. The van der Waals surface area contributed by atoms with Crippen molar-refractivity contribution in [1.29, 1.82) is 0 Å². The summed E-state index contributed by atoms with van der Waals surface area (Å²) in [6.07, 6.45) is 1.99. The van der Waals surface area contributed by atoms with Crippen LogP contribution in [0.15, 0.2) is 42.6 Å². The van der Waals surface area contributed by atoms with Crippen LogP contribution in [0.3, 0.4) is 0 Å². The maximum Gasteiger partial charge on any atom is 0.387 e. The Hall–Kier alpha value is -2.70. The van der Waals surface area contributed by atoms with Crippen LogP contribution in [0, 0.1) is 5.92 Å². The van der Waals surface area contributed by atoms with Crippen molar-refractivity contribution in [2.45, 2.75) is 25.5 Å². The number of ether oxygens (including phenoxy) is 2. The Labute approximate surface area is 144 Å². The van der Waals surface area contributed by atoms with Crippen LogP contribution in [-0.2, 0) is 11.3 Å². The average Bonchev–Trinajstić information content (AvgIpc) is 3.41. The maximum absolute atomic E-state index is 12.3. The molecule has 1 heterocycles. The molecule has 0 saturated heterocycles. The highest BCUT2D eigenvalue weighted by molar-refractivity contribution is 5.83. The molecule has 25 heavy (non-hydrogen) atoms. The van der Waals surface area contributed by atoms with Crippen LogP contribution in [0.1, 0.15) is 23.6 Å². The first-order valence-electron chi connectivity index (χ1n) is 7.89. The molecule has 1 aromatic carbocycles. The molecule has 0 unspecified atom stereocenters. The molecule has 1 aliphatic rings. The number of hydrogen-bond donors (Lipinski definition) is 1. The predicted molar refractivity (Wildman–Crippen MR) is 86.6 cm³/mol. The van der Waals surface area contributed by atoms with Crippen LogP contribution < -0.4 is 14.8 Å². The second-order valence-corrected chi connectivity index (χ2v) is 5.77. The van der Waals surface area contributed by atoms with Crippen LogP contribution in [0.2, 0.25) is 0 Å². The molecular weight excluding hydrogens is 330 g/mol. The smallest absolute Gasteiger partial charge is 0.387 e. The maximum atomic E-state index is 12.3. The summed E-state index contributed by atoms with van der Waals surface area (Å²) in [6, 6.07) is 10.6. The van der Waals surface area contributed by atoms with E-state index in [9.17, 15) is 13.6 Å². The topological polar surface area (TPSA) is 60.5 Å². The standard InChI is InChI=1S/C18H18F2N2O3/c1-24-16-5-3-2-4-13(16)14-8-15(14)17(23)22-9-11-6-7-12(10-21-11)25-18(19)20/h2-7,10,14-15,18H,8-9H2,1H3,(H,22,23)/t14-,15+/m0/s1. The molecule has 3 rings (SSSR count). The van der Waals surface area contributed by atoms with Crippen LogP contribution >= 0.6 is 0 Å². The second-order valence-electron chi connectivity index (χ2n) is 5.77. The van der Waals surface area contributed by atoms with Crippen LogP contribution in [-0.4, -0.2) is 24.6 Å². The van der Waals surface area contributed by atoms with E-state index >= 15 is 0 Å². The quantitative estimate of drug-likeness (QED) is 0.835. The Morgan fingerprint density at radius 3 is 2.80 bits per heavy atom. The van der Waals surface area contributed by atoms with Crippen LogP contribution in [0.5, 0.6) is 11.5 Å². The lowest BCUT2D eigenvalue weighted by atomic mass is 10.1. The Kier molecular flexibility index (Phi) is 5.11. The summed E-state index contributed by atoms with van der Waals surface area (Å²) in [5.74, 6) is 0.803. The normalized spacial score (nSPS) is 18.7. The zero-order valence-electron chi connectivity index (χ0n) is 13.6. The third kappa shape index (κ3) is 4.23. The molecule has 7 heteroatoms. The molecule has 132 valence electrons. The number of carbonyl (C=O) groups excluding carboxylic acids is 1. The molecule has 0 spiro atoms. The molecule has 2 atom stereocenters. The number of nitrogens with one attached hydrogen (secondary N) is 1. The first-order valence-corrected chi connectivity index (χ1v) is 7.89. The van der Waals surface area contributed by atoms with Crippen molar-refractivity contribution >= 4 is 5.91 Å². The summed E-state index contributed by atoms with van der Waals surface area (Å²) in [5, 5.41) is 2.83. The van der Waals surface area contributed by atoms with Gasteiger partial charge in [0.05, 0.1) is 25.5 Å². The fourth-order valence-corrected chi connectivity index (χ4v) is 2.80. The minimum Gasteiger partial charge on any atom is -0.496 e. The van der Waals surface area contributed by atoms with Gasteiger partial charge in [0.15, 0.2) is 0 Å². The lowest BCUT2D eigenvalue weighted by Gasteiger charge is -2.08. The summed E-state index contributed by atoms with van der Waals surface area (Å²) in [5.41, 5.74) is 1.61. The molecule has 1 fully saturated rings. The number of methoxy groups -OCH3 is 1. The van der Waals surface area contributed by atoms with E-state index in [1.165, 1.54) is 12.3 Å². The highest BCUT2D eigenvalue weighted by Crippen LogP contribution is 2.50. The van der Waals surface area contributed by atoms with Gasteiger partial charge < -0.3 is 14.8 Å². The van der Waals surface area contributed by atoms with Gasteiger partial charge in [-0.15, -0.1) is 0 Å². The molecule has 2 aromatic rings. The summed E-state index contributed by atoms with van der Waals surface area (Å²) >= 11 is 0. The zero-order chi connectivity index (χ0) is 17.8. The van der Waals surface area contributed by atoms with Crippen molar-refractivity contribution in [2.75, 3.05) is 7.11 Å². The van der Waals surface area contributed by atoms with Crippen LogP contribution in [0.25, 0.3) is 0 Å². The first kappa shape index (κ1) is 17.1. The lowest BCUT2D eigenvalue weighted by molar-refractivity contribution is -0.122. The number of benzene rings is 1. The third-order valence-corrected chi connectivity index (χ3v) is 4.13. The molecule has 1 amide bonds. The summed E-state index contributed by atoms with van der Waals surface area (Å²) in [7, 11) is 1.61. The van der Waals surface area contributed by atoms with Gasteiger partial charge in [-0.05, 0) is 36.1 Å². The molecule has 1 saturated carbocycles. The SMILES string of the molecule is COc1ccccc1[C@@H]1C[C@H]1C(=O)NCc1ccc(OC(F)F)cn1. The Balaban J connectivity index is 1.52. The highest BCUT2D eigenvalue weighted by atomic mass is 19.3. The minimum absolute atomic E-state index is 0.0106. The van der Waals surface area contributed by atoms with E-state index in [1.54, 1.807) is 13.2 Å². The fraction of sp³-hybridized carbons (Fsp3) is 0.333. The predicted octanol–water partition coefficient (Wildman–Crippen LogP) is 3.11.